The molecule has 0 fully saturated rings. The molecule has 0 atom stereocenters. The van der Waals surface area contributed by atoms with Crippen molar-refractivity contribution in [1.29, 1.82) is 0 Å². The molecular formula is C23H24ClN3O2S2. The Morgan fingerprint density at radius 1 is 1.06 bits per heavy atom. The van der Waals surface area contributed by atoms with Crippen molar-refractivity contribution in [3.05, 3.63) is 58.9 Å². The maximum atomic E-state index is 12.4. The van der Waals surface area contributed by atoms with Gasteiger partial charge in [-0.05, 0) is 29.7 Å². The van der Waals surface area contributed by atoms with Crippen LogP contribution in [0.4, 0.5) is 10.8 Å². The van der Waals surface area contributed by atoms with E-state index in [2.05, 4.69) is 15.6 Å². The summed E-state index contributed by atoms with van der Waals surface area (Å²) in [7, 11) is 0. The molecule has 2 aromatic carbocycles. The molecule has 3 rings (SSSR count). The summed E-state index contributed by atoms with van der Waals surface area (Å²) in [6, 6.07) is 15.0. The number of amides is 2. The fourth-order valence-electron chi connectivity index (χ4n) is 2.78. The summed E-state index contributed by atoms with van der Waals surface area (Å²) >= 11 is 8.97. The molecule has 0 bridgehead atoms. The maximum Gasteiger partial charge on any atom is 0.236 e. The second kappa shape index (κ2) is 10.3. The zero-order valence-corrected chi connectivity index (χ0v) is 20.0. The van der Waals surface area contributed by atoms with Crippen molar-refractivity contribution in [2.24, 2.45) is 5.41 Å². The van der Waals surface area contributed by atoms with Gasteiger partial charge in [0, 0.05) is 33.0 Å². The van der Waals surface area contributed by atoms with Gasteiger partial charge in [0.05, 0.1) is 11.4 Å². The molecule has 0 saturated carbocycles. The van der Waals surface area contributed by atoms with E-state index in [4.69, 9.17) is 11.6 Å². The van der Waals surface area contributed by atoms with Gasteiger partial charge in [-0.3, -0.25) is 9.59 Å². The van der Waals surface area contributed by atoms with Crippen LogP contribution in [-0.2, 0) is 9.59 Å². The number of benzene rings is 2. The molecule has 0 aliphatic carbocycles. The van der Waals surface area contributed by atoms with Gasteiger partial charge in [-0.15, -0.1) is 23.1 Å². The van der Waals surface area contributed by atoms with Crippen molar-refractivity contribution in [2.45, 2.75) is 32.1 Å². The van der Waals surface area contributed by atoms with E-state index in [0.717, 1.165) is 21.8 Å². The van der Waals surface area contributed by atoms with Gasteiger partial charge < -0.3 is 10.6 Å². The zero-order chi connectivity index (χ0) is 22.4. The van der Waals surface area contributed by atoms with Crippen LogP contribution < -0.4 is 10.6 Å². The lowest BCUT2D eigenvalue weighted by atomic mass is 9.92. The molecule has 0 saturated heterocycles. The molecule has 0 radical (unpaired) electrons. The van der Waals surface area contributed by atoms with Crippen LogP contribution in [0.25, 0.3) is 11.3 Å². The number of carbonyl (C=O) groups excluding carboxylic acids is 2. The molecule has 5 nitrogen and oxygen atoms in total. The highest BCUT2D eigenvalue weighted by Gasteiger charge is 2.16. The van der Waals surface area contributed by atoms with E-state index in [9.17, 15) is 9.59 Å². The van der Waals surface area contributed by atoms with Crippen LogP contribution in [0.3, 0.4) is 0 Å². The zero-order valence-electron chi connectivity index (χ0n) is 17.6. The molecule has 31 heavy (non-hydrogen) atoms. The second-order valence-corrected chi connectivity index (χ2v) is 10.5. The molecule has 0 aliphatic heterocycles. The molecule has 3 aromatic rings. The Morgan fingerprint density at radius 2 is 1.84 bits per heavy atom. The third kappa shape index (κ3) is 7.38. The molecule has 8 heteroatoms. The monoisotopic (exact) mass is 473 g/mol. The number of halogens is 1. The normalized spacial score (nSPS) is 11.2. The van der Waals surface area contributed by atoms with Gasteiger partial charge in [0.2, 0.25) is 11.8 Å². The van der Waals surface area contributed by atoms with Crippen LogP contribution in [-0.4, -0.2) is 22.6 Å². The minimum atomic E-state index is -0.146. The lowest BCUT2D eigenvalue weighted by Gasteiger charge is -2.17. The first-order valence-electron chi connectivity index (χ1n) is 9.73. The average molecular weight is 474 g/mol. The van der Waals surface area contributed by atoms with E-state index in [0.29, 0.717) is 16.6 Å². The van der Waals surface area contributed by atoms with Crippen LogP contribution >= 0.6 is 34.7 Å². The minimum Gasteiger partial charge on any atom is -0.326 e. The highest BCUT2D eigenvalue weighted by molar-refractivity contribution is 8.00. The van der Waals surface area contributed by atoms with Gasteiger partial charge in [-0.1, -0.05) is 56.6 Å². The fraction of sp³-hybridized carbons (Fsp3) is 0.261. The summed E-state index contributed by atoms with van der Waals surface area (Å²) in [6.07, 6.45) is 0.441. The number of nitrogens with one attached hydrogen (secondary N) is 2. The minimum absolute atomic E-state index is 0.0227. The summed E-state index contributed by atoms with van der Waals surface area (Å²) in [4.78, 5) is 29.9. The van der Waals surface area contributed by atoms with E-state index < -0.39 is 0 Å². The number of hydrogen-bond donors (Lipinski definition) is 2. The number of anilines is 2. The van der Waals surface area contributed by atoms with Gasteiger partial charge in [-0.25, -0.2) is 4.98 Å². The highest BCUT2D eigenvalue weighted by atomic mass is 35.5. The molecular weight excluding hydrogens is 450 g/mol. The van der Waals surface area contributed by atoms with Gasteiger partial charge in [0.15, 0.2) is 5.13 Å². The molecule has 2 amide bonds. The SMILES string of the molecule is CC(C)(C)CC(=O)Nc1cccc(SCC(=O)Nc2nc(-c3ccccc3Cl)cs2)c1. The smallest absolute Gasteiger partial charge is 0.236 e. The number of thiazole rings is 1. The second-order valence-electron chi connectivity index (χ2n) is 8.17. The van der Waals surface area contributed by atoms with Crippen LogP contribution in [0.5, 0.6) is 0 Å². The summed E-state index contributed by atoms with van der Waals surface area (Å²) in [5, 5.41) is 8.77. The Balaban J connectivity index is 1.53. The number of nitrogens with zero attached hydrogens (tertiary/aromatic N) is 1. The predicted octanol–water partition coefficient (Wildman–Crippen LogP) is 6.57. The molecule has 1 heterocycles. The van der Waals surface area contributed by atoms with Gasteiger partial charge >= 0.3 is 0 Å². The Bertz CT molecular complexity index is 1080. The number of thioether (sulfide) groups is 1. The first-order valence-corrected chi connectivity index (χ1v) is 12.0. The Labute approximate surface area is 195 Å². The number of carbonyl (C=O) groups is 2. The summed E-state index contributed by atoms with van der Waals surface area (Å²) in [6.45, 7) is 6.08. The van der Waals surface area contributed by atoms with Crippen molar-refractivity contribution in [3.8, 4) is 11.3 Å². The van der Waals surface area contributed by atoms with Crippen LogP contribution in [0.1, 0.15) is 27.2 Å². The highest BCUT2D eigenvalue weighted by Crippen LogP contribution is 2.30. The third-order valence-corrected chi connectivity index (χ3v) is 6.16. The van der Waals surface area contributed by atoms with E-state index >= 15 is 0 Å². The Kier molecular flexibility index (Phi) is 7.75. The van der Waals surface area contributed by atoms with Gasteiger partial charge in [0.1, 0.15) is 0 Å². The lowest BCUT2D eigenvalue weighted by Crippen LogP contribution is -2.19. The summed E-state index contributed by atoms with van der Waals surface area (Å²) < 4.78 is 0. The van der Waals surface area contributed by atoms with Crippen molar-refractivity contribution < 1.29 is 9.59 Å². The number of aromatic nitrogens is 1. The van der Waals surface area contributed by atoms with Crippen molar-refractivity contribution in [2.75, 3.05) is 16.4 Å². The number of rotatable bonds is 7. The fourth-order valence-corrected chi connectivity index (χ4v) is 4.49. The first-order chi connectivity index (χ1) is 14.7. The quantitative estimate of drug-likeness (QED) is 0.381. The average Bonchev–Trinajstić information content (AvgIpc) is 3.13. The molecule has 2 N–H and O–H groups in total. The van der Waals surface area contributed by atoms with Crippen LogP contribution in [0, 0.1) is 5.41 Å². The summed E-state index contributed by atoms with van der Waals surface area (Å²) in [5.74, 6) is 0.0677. The third-order valence-electron chi connectivity index (χ3n) is 4.08. The molecule has 0 unspecified atom stereocenters. The van der Waals surface area contributed by atoms with E-state index in [1.165, 1.54) is 23.1 Å². The van der Waals surface area contributed by atoms with Crippen LogP contribution in [0.15, 0.2) is 58.8 Å². The van der Waals surface area contributed by atoms with E-state index in [-0.39, 0.29) is 23.0 Å². The van der Waals surface area contributed by atoms with Crippen LogP contribution in [0.2, 0.25) is 5.02 Å². The standard InChI is InChI=1S/C23H24ClN3O2S2/c1-23(2,3)12-20(28)25-15-7-6-8-16(11-15)30-14-21(29)27-22-26-19(13-31-22)17-9-4-5-10-18(17)24/h4-11,13H,12,14H2,1-3H3,(H,25,28)(H,26,27,29). The maximum absolute atomic E-state index is 12.4. The van der Waals surface area contributed by atoms with Crippen molar-refractivity contribution >= 4 is 57.3 Å². The molecule has 162 valence electrons. The predicted molar refractivity (Wildman–Crippen MR) is 131 cm³/mol. The van der Waals surface area contributed by atoms with Crippen molar-refractivity contribution in [1.82, 2.24) is 4.98 Å². The Morgan fingerprint density at radius 3 is 2.58 bits per heavy atom. The van der Waals surface area contributed by atoms with Gasteiger partial charge in [-0.2, -0.15) is 0 Å². The number of hydrogen-bond acceptors (Lipinski definition) is 5. The lowest BCUT2D eigenvalue weighted by molar-refractivity contribution is -0.118. The van der Waals surface area contributed by atoms with E-state index in [1.807, 2.05) is 74.7 Å². The largest absolute Gasteiger partial charge is 0.326 e. The molecule has 0 spiro atoms. The van der Waals surface area contributed by atoms with Crippen molar-refractivity contribution in [3.63, 3.8) is 0 Å². The molecule has 0 aliphatic rings. The summed E-state index contributed by atoms with van der Waals surface area (Å²) in [5.41, 5.74) is 2.22. The first kappa shape index (κ1) is 23.3. The van der Waals surface area contributed by atoms with E-state index in [1.54, 1.807) is 0 Å². The molecule has 1 aromatic heterocycles. The topological polar surface area (TPSA) is 71.1 Å². The Hall–Kier alpha value is -2.35. The van der Waals surface area contributed by atoms with Gasteiger partial charge in [0.25, 0.3) is 0 Å².